The zero-order valence-electron chi connectivity index (χ0n) is 26.4. The molecule has 0 bridgehead atoms. The number of anilines is 1. The SMILES string of the molecule is CCOP(=O)(O)CCN1/C(=C/C=C/C2=[N+](CCCCCCCC(=O)O)c3ccccc3C2(C)C)C(C)(C)c2ccccc21. The van der Waals surface area contributed by atoms with Crippen LogP contribution in [-0.4, -0.2) is 52.1 Å². The van der Waals surface area contributed by atoms with Crippen molar-refractivity contribution in [2.45, 2.75) is 84.0 Å². The number of carboxylic acids is 1. The molecule has 4 rings (SSSR count). The summed E-state index contributed by atoms with van der Waals surface area (Å²) in [6.07, 6.45) is 11.7. The third-order valence-corrected chi connectivity index (χ3v) is 10.2. The first-order chi connectivity index (χ1) is 20.4. The van der Waals surface area contributed by atoms with Crippen LogP contribution in [0.3, 0.4) is 0 Å². The van der Waals surface area contributed by atoms with E-state index in [0.29, 0.717) is 6.54 Å². The average Bonchev–Trinajstić information content (AvgIpc) is 3.30. The third kappa shape index (κ3) is 7.39. The van der Waals surface area contributed by atoms with Crippen LogP contribution < -0.4 is 4.90 Å². The zero-order valence-corrected chi connectivity index (χ0v) is 27.3. The number of para-hydroxylation sites is 2. The van der Waals surface area contributed by atoms with Crippen LogP contribution in [0.2, 0.25) is 0 Å². The van der Waals surface area contributed by atoms with Gasteiger partial charge >= 0.3 is 13.6 Å². The highest BCUT2D eigenvalue weighted by atomic mass is 31.2. The number of unbranched alkanes of at least 4 members (excludes halogenated alkanes) is 4. The van der Waals surface area contributed by atoms with Gasteiger partial charge in [0.2, 0.25) is 5.69 Å². The average molecular weight is 608 g/mol. The minimum Gasteiger partial charge on any atom is -0.481 e. The maximum absolute atomic E-state index is 12.6. The maximum atomic E-state index is 12.6. The second-order valence-corrected chi connectivity index (χ2v) is 14.6. The molecule has 1 atom stereocenters. The summed E-state index contributed by atoms with van der Waals surface area (Å²) in [5, 5.41) is 8.89. The van der Waals surface area contributed by atoms with Crippen LogP contribution >= 0.6 is 7.60 Å². The number of nitrogens with zero attached hydrogens (tertiary/aromatic N) is 2. The molecule has 1 unspecified atom stereocenters. The topological polar surface area (TPSA) is 90.1 Å². The van der Waals surface area contributed by atoms with Crippen LogP contribution in [-0.2, 0) is 24.7 Å². The minimum absolute atomic E-state index is 0.0517. The molecule has 7 nitrogen and oxygen atoms in total. The van der Waals surface area contributed by atoms with Gasteiger partial charge in [-0.3, -0.25) is 9.36 Å². The summed E-state index contributed by atoms with van der Waals surface area (Å²) >= 11 is 0. The Kier molecular flexibility index (Phi) is 10.5. The van der Waals surface area contributed by atoms with Gasteiger partial charge in [0, 0.05) is 53.9 Å². The molecule has 2 aliphatic rings. The van der Waals surface area contributed by atoms with Crippen LogP contribution in [0, 0.1) is 0 Å². The van der Waals surface area contributed by atoms with Gasteiger partial charge in [0.15, 0.2) is 5.71 Å². The molecule has 0 aromatic heterocycles. The number of hydrogen-bond donors (Lipinski definition) is 2. The number of fused-ring (bicyclic) bond motifs is 2. The van der Waals surface area contributed by atoms with Crippen LogP contribution in [0.15, 0.2) is 72.5 Å². The maximum Gasteiger partial charge on any atom is 0.329 e. The van der Waals surface area contributed by atoms with E-state index < -0.39 is 13.6 Å². The number of allylic oxidation sites excluding steroid dienone is 4. The lowest BCUT2D eigenvalue weighted by atomic mass is 9.81. The first kappa shape index (κ1) is 32.9. The molecule has 0 amide bonds. The van der Waals surface area contributed by atoms with E-state index in [9.17, 15) is 14.3 Å². The standard InChI is InChI=1S/C35H47N2O5P/c1-6-42-43(40,41)26-25-37-30-20-14-12-18-28(30)35(4,5)32(37)22-16-21-31-34(2,3)27-17-11-13-19-29(27)36(31)24-15-9-7-8-10-23-33(38)39/h11-14,16-22H,6-10,15,23-26H2,1-5H3,(H-,38,39,40,41)/p+1. The molecule has 2 heterocycles. The van der Waals surface area contributed by atoms with Crippen molar-refractivity contribution in [1.82, 2.24) is 0 Å². The number of hydrogen-bond acceptors (Lipinski definition) is 4. The van der Waals surface area contributed by atoms with Crippen molar-refractivity contribution in [3.63, 3.8) is 0 Å². The van der Waals surface area contributed by atoms with Crippen LogP contribution in [0.1, 0.15) is 84.3 Å². The monoisotopic (exact) mass is 607 g/mol. The van der Waals surface area contributed by atoms with Gasteiger partial charge in [0.05, 0.1) is 18.2 Å². The van der Waals surface area contributed by atoms with Gasteiger partial charge in [-0.25, -0.2) is 0 Å². The van der Waals surface area contributed by atoms with Crippen LogP contribution in [0.5, 0.6) is 0 Å². The smallest absolute Gasteiger partial charge is 0.329 e. The van der Waals surface area contributed by atoms with Crippen molar-refractivity contribution in [2.75, 3.05) is 30.8 Å². The van der Waals surface area contributed by atoms with Gasteiger partial charge < -0.3 is 19.4 Å². The Morgan fingerprint density at radius 1 is 0.953 bits per heavy atom. The molecule has 0 saturated carbocycles. The lowest BCUT2D eigenvalue weighted by Crippen LogP contribution is -2.29. The van der Waals surface area contributed by atoms with E-state index in [0.717, 1.165) is 50.0 Å². The van der Waals surface area contributed by atoms with Gasteiger partial charge in [-0.1, -0.05) is 69.2 Å². The zero-order chi connectivity index (χ0) is 31.3. The van der Waals surface area contributed by atoms with Crippen molar-refractivity contribution in [1.29, 1.82) is 0 Å². The van der Waals surface area contributed by atoms with Crippen molar-refractivity contribution in [3.05, 3.63) is 83.6 Å². The fraction of sp³-hybridized carbons (Fsp3) is 0.486. The van der Waals surface area contributed by atoms with E-state index >= 15 is 0 Å². The second kappa shape index (κ2) is 13.8. The van der Waals surface area contributed by atoms with E-state index in [1.165, 1.54) is 22.5 Å². The van der Waals surface area contributed by atoms with E-state index in [1.54, 1.807) is 6.92 Å². The summed E-state index contributed by atoms with van der Waals surface area (Å²) in [6.45, 7) is 12.2. The van der Waals surface area contributed by atoms with E-state index in [1.807, 2.05) is 12.1 Å². The van der Waals surface area contributed by atoms with Crippen molar-refractivity contribution in [3.8, 4) is 0 Å². The summed E-state index contributed by atoms with van der Waals surface area (Å²) in [7, 11) is -3.68. The van der Waals surface area contributed by atoms with Gasteiger partial charge in [-0.15, -0.1) is 0 Å². The number of rotatable bonds is 15. The molecule has 0 fully saturated rings. The first-order valence-corrected chi connectivity index (χ1v) is 17.3. The molecule has 2 aromatic rings. The summed E-state index contributed by atoms with van der Waals surface area (Å²) < 4.78 is 20.2. The predicted octanol–water partition coefficient (Wildman–Crippen LogP) is 7.95. The molecular weight excluding hydrogens is 559 g/mol. The van der Waals surface area contributed by atoms with Gasteiger partial charge in [0.1, 0.15) is 6.54 Å². The molecule has 0 spiro atoms. The first-order valence-electron chi connectivity index (χ1n) is 15.6. The Morgan fingerprint density at radius 3 is 2.33 bits per heavy atom. The van der Waals surface area contributed by atoms with Gasteiger partial charge in [-0.05, 0) is 51.3 Å². The van der Waals surface area contributed by atoms with Gasteiger partial charge in [-0.2, -0.15) is 4.58 Å². The Labute approximate surface area is 257 Å². The molecule has 43 heavy (non-hydrogen) atoms. The molecule has 232 valence electrons. The number of carbonyl (C=O) groups is 1. The van der Waals surface area contributed by atoms with E-state index in [2.05, 4.69) is 91.8 Å². The molecule has 0 radical (unpaired) electrons. The summed E-state index contributed by atoms with van der Waals surface area (Å²) in [4.78, 5) is 23.3. The molecule has 2 N–H and O–H groups in total. The minimum atomic E-state index is -3.68. The van der Waals surface area contributed by atoms with E-state index in [4.69, 9.17) is 9.63 Å². The number of aliphatic carboxylic acids is 1. The second-order valence-electron chi connectivity index (χ2n) is 12.6. The predicted molar refractivity (Wildman–Crippen MR) is 175 cm³/mol. The normalized spacial score (nSPS) is 19.2. The quantitative estimate of drug-likeness (QED) is 0.121. The Balaban J connectivity index is 1.61. The molecule has 8 heteroatoms. The molecular formula is C35H48N2O5P+. The lowest BCUT2D eigenvalue weighted by Gasteiger charge is -2.27. The lowest BCUT2D eigenvalue weighted by molar-refractivity contribution is -0.438. The van der Waals surface area contributed by atoms with Crippen molar-refractivity contribution in [2.24, 2.45) is 0 Å². The summed E-state index contributed by atoms with van der Waals surface area (Å²) in [5.41, 5.74) is 6.72. The summed E-state index contributed by atoms with van der Waals surface area (Å²) in [5.74, 6) is -0.719. The van der Waals surface area contributed by atoms with Crippen LogP contribution in [0.25, 0.3) is 0 Å². The highest BCUT2D eigenvalue weighted by molar-refractivity contribution is 7.52. The number of benzene rings is 2. The van der Waals surface area contributed by atoms with Crippen molar-refractivity contribution >= 4 is 30.7 Å². The van der Waals surface area contributed by atoms with Gasteiger partial charge in [0.25, 0.3) is 0 Å². The molecule has 2 aromatic carbocycles. The summed E-state index contributed by atoms with van der Waals surface area (Å²) in [6, 6.07) is 16.9. The fourth-order valence-corrected chi connectivity index (χ4v) is 7.55. The van der Waals surface area contributed by atoms with Crippen molar-refractivity contribution < 1.29 is 28.5 Å². The highest BCUT2D eigenvalue weighted by Gasteiger charge is 2.44. The Bertz CT molecular complexity index is 1460. The fourth-order valence-electron chi connectivity index (χ4n) is 6.56. The Morgan fingerprint density at radius 2 is 1.60 bits per heavy atom. The largest absolute Gasteiger partial charge is 0.481 e. The third-order valence-electron chi connectivity index (χ3n) is 8.82. The van der Waals surface area contributed by atoms with Crippen LogP contribution in [0.4, 0.5) is 11.4 Å². The number of carboxylic acid groups (broad SMARTS) is 1. The molecule has 0 saturated heterocycles. The highest BCUT2D eigenvalue weighted by Crippen LogP contribution is 2.49. The Hall–Kier alpha value is -2.99. The van der Waals surface area contributed by atoms with E-state index in [-0.39, 0.29) is 30.0 Å². The molecule has 2 aliphatic heterocycles. The molecule has 0 aliphatic carbocycles.